The maximum Gasteiger partial charge on any atom is -0.000790 e. The van der Waals surface area contributed by atoms with Crippen LogP contribution in [0.5, 0.6) is 0 Å². The molecule has 0 aromatic carbocycles. The van der Waals surface area contributed by atoms with Crippen molar-refractivity contribution < 1.29 is 0 Å². The molecule has 2 fully saturated rings. The minimum atomic E-state index is 0.907. The molecule has 2 heteroatoms. The Morgan fingerprint density at radius 2 is 2.08 bits per heavy atom. The van der Waals surface area contributed by atoms with Crippen LogP contribution in [0.2, 0.25) is 0 Å². The topological polar surface area (TPSA) is 24.1 Å². The van der Waals surface area contributed by atoms with E-state index >= 15 is 0 Å². The fraction of sp³-hybridized carbons (Fsp3) is 1.00. The third-order valence-electron chi connectivity index (χ3n) is 3.02. The van der Waals surface area contributed by atoms with E-state index in [-0.39, 0.29) is 0 Å². The largest absolute Gasteiger partial charge is 0.316 e. The van der Waals surface area contributed by atoms with Crippen LogP contribution >= 0.6 is 0 Å². The van der Waals surface area contributed by atoms with Gasteiger partial charge in [-0.2, -0.15) is 0 Å². The molecule has 2 nitrogen and oxygen atoms in total. The Kier molecular flexibility index (Phi) is 3.01. The van der Waals surface area contributed by atoms with Crippen molar-refractivity contribution in [3.8, 4) is 0 Å². The van der Waals surface area contributed by atoms with E-state index in [4.69, 9.17) is 0 Å². The zero-order chi connectivity index (χ0) is 8.23. The average molecular weight is 168 g/mol. The zero-order valence-corrected chi connectivity index (χ0v) is 7.81. The molecule has 0 spiro atoms. The molecule has 1 heterocycles. The maximum atomic E-state index is 3.56. The van der Waals surface area contributed by atoms with Crippen molar-refractivity contribution in [3.05, 3.63) is 0 Å². The van der Waals surface area contributed by atoms with E-state index < -0.39 is 0 Å². The van der Waals surface area contributed by atoms with Crippen LogP contribution in [0.3, 0.4) is 0 Å². The molecule has 0 amide bonds. The summed E-state index contributed by atoms with van der Waals surface area (Å²) >= 11 is 0. The molecule has 0 aromatic rings. The van der Waals surface area contributed by atoms with Crippen molar-refractivity contribution in [2.75, 3.05) is 26.2 Å². The van der Waals surface area contributed by atoms with E-state index in [0.717, 1.165) is 11.8 Å². The van der Waals surface area contributed by atoms with Crippen molar-refractivity contribution in [1.29, 1.82) is 0 Å². The van der Waals surface area contributed by atoms with Crippen molar-refractivity contribution in [3.63, 3.8) is 0 Å². The molecule has 0 radical (unpaired) electrons. The van der Waals surface area contributed by atoms with Crippen LogP contribution in [0.1, 0.15) is 25.7 Å². The summed E-state index contributed by atoms with van der Waals surface area (Å²) in [5.41, 5.74) is 0. The number of hydrogen-bond acceptors (Lipinski definition) is 2. The van der Waals surface area contributed by atoms with Crippen molar-refractivity contribution in [2.24, 2.45) is 11.8 Å². The highest BCUT2D eigenvalue weighted by atomic mass is 14.9. The highest BCUT2D eigenvalue weighted by Gasteiger charge is 2.20. The Labute approximate surface area is 75.1 Å². The summed E-state index contributed by atoms with van der Waals surface area (Å²) in [5.74, 6) is 1.99. The van der Waals surface area contributed by atoms with E-state index in [1.54, 1.807) is 0 Å². The lowest BCUT2D eigenvalue weighted by Gasteiger charge is -2.08. The van der Waals surface area contributed by atoms with Crippen LogP contribution in [0, 0.1) is 11.8 Å². The van der Waals surface area contributed by atoms with E-state index in [2.05, 4.69) is 10.6 Å². The smallest absolute Gasteiger partial charge is 0.000790 e. The quantitative estimate of drug-likeness (QED) is 0.598. The zero-order valence-electron chi connectivity index (χ0n) is 7.81. The summed E-state index contributed by atoms with van der Waals surface area (Å²) in [4.78, 5) is 0. The van der Waals surface area contributed by atoms with Crippen LogP contribution in [-0.2, 0) is 0 Å². The first kappa shape index (κ1) is 8.52. The Morgan fingerprint density at radius 3 is 2.75 bits per heavy atom. The Hall–Kier alpha value is -0.0800. The first-order valence-electron chi connectivity index (χ1n) is 5.36. The second-order valence-electron chi connectivity index (χ2n) is 4.29. The Balaban J connectivity index is 1.44. The van der Waals surface area contributed by atoms with Crippen LogP contribution in [0.4, 0.5) is 0 Å². The van der Waals surface area contributed by atoms with Gasteiger partial charge in [0, 0.05) is 0 Å². The molecule has 1 unspecified atom stereocenters. The molecule has 2 rings (SSSR count). The minimum absolute atomic E-state index is 0.907. The lowest BCUT2D eigenvalue weighted by molar-refractivity contribution is 0.499. The van der Waals surface area contributed by atoms with E-state index in [9.17, 15) is 0 Å². The van der Waals surface area contributed by atoms with Gasteiger partial charge in [-0.1, -0.05) is 12.8 Å². The molecule has 1 saturated carbocycles. The van der Waals surface area contributed by atoms with Gasteiger partial charge in [0.15, 0.2) is 0 Å². The Bertz CT molecular complexity index is 126. The van der Waals surface area contributed by atoms with Gasteiger partial charge in [0.25, 0.3) is 0 Å². The highest BCUT2D eigenvalue weighted by Crippen LogP contribution is 2.31. The maximum absolute atomic E-state index is 3.56. The summed E-state index contributed by atoms with van der Waals surface area (Å²) in [5, 5.41) is 6.95. The summed E-state index contributed by atoms with van der Waals surface area (Å²) in [6.45, 7) is 4.95. The Morgan fingerprint density at radius 1 is 1.17 bits per heavy atom. The second-order valence-corrected chi connectivity index (χ2v) is 4.29. The van der Waals surface area contributed by atoms with Gasteiger partial charge in [0.1, 0.15) is 0 Å². The molecule has 2 N–H and O–H groups in total. The van der Waals surface area contributed by atoms with Crippen molar-refractivity contribution in [1.82, 2.24) is 10.6 Å². The molecule has 0 bridgehead atoms. The molecule has 1 saturated heterocycles. The molecule has 2 aliphatic rings. The van der Waals surface area contributed by atoms with E-state index in [1.807, 2.05) is 0 Å². The lowest BCUT2D eigenvalue weighted by atomic mass is 10.1. The average Bonchev–Trinajstić information content (AvgIpc) is 2.76. The lowest BCUT2D eigenvalue weighted by Crippen LogP contribution is -2.25. The first-order valence-corrected chi connectivity index (χ1v) is 5.36. The summed E-state index contributed by atoms with van der Waals surface area (Å²) in [6.07, 6.45) is 5.77. The van der Waals surface area contributed by atoms with Gasteiger partial charge in [0.05, 0.1) is 0 Å². The van der Waals surface area contributed by atoms with Gasteiger partial charge >= 0.3 is 0 Å². The van der Waals surface area contributed by atoms with E-state index in [0.29, 0.717) is 0 Å². The molecule has 1 aliphatic heterocycles. The molecule has 1 atom stereocenters. The monoisotopic (exact) mass is 168 g/mol. The standard InChI is InChI=1S/C10H20N2/c1-2-9(1)3-5-11-7-10-4-6-12-8-10/h9-12H,1-8H2. The number of hydrogen-bond donors (Lipinski definition) is 2. The third-order valence-corrected chi connectivity index (χ3v) is 3.02. The van der Waals surface area contributed by atoms with Crippen LogP contribution in [-0.4, -0.2) is 26.2 Å². The first-order chi connectivity index (χ1) is 5.95. The fourth-order valence-corrected chi connectivity index (χ4v) is 1.91. The van der Waals surface area contributed by atoms with Crippen molar-refractivity contribution >= 4 is 0 Å². The molecule has 70 valence electrons. The van der Waals surface area contributed by atoms with Gasteiger partial charge in [-0.25, -0.2) is 0 Å². The summed E-state index contributed by atoms with van der Waals surface area (Å²) in [7, 11) is 0. The molecular weight excluding hydrogens is 148 g/mol. The molecule has 12 heavy (non-hydrogen) atoms. The van der Waals surface area contributed by atoms with Crippen LogP contribution < -0.4 is 10.6 Å². The fourth-order valence-electron chi connectivity index (χ4n) is 1.91. The van der Waals surface area contributed by atoms with E-state index in [1.165, 1.54) is 51.9 Å². The van der Waals surface area contributed by atoms with Crippen LogP contribution in [0.15, 0.2) is 0 Å². The van der Waals surface area contributed by atoms with Crippen molar-refractivity contribution in [2.45, 2.75) is 25.7 Å². The van der Waals surface area contributed by atoms with Gasteiger partial charge in [-0.15, -0.1) is 0 Å². The molecule has 0 aromatic heterocycles. The number of nitrogens with one attached hydrogen (secondary N) is 2. The second kappa shape index (κ2) is 4.24. The predicted octanol–water partition coefficient (Wildman–Crippen LogP) is 0.986. The summed E-state index contributed by atoms with van der Waals surface area (Å²) in [6, 6.07) is 0. The molecule has 1 aliphatic carbocycles. The van der Waals surface area contributed by atoms with Crippen LogP contribution in [0.25, 0.3) is 0 Å². The third kappa shape index (κ3) is 2.76. The highest BCUT2D eigenvalue weighted by molar-refractivity contribution is 4.76. The SMILES string of the molecule is C(CC1CC1)NCC1CCNC1. The van der Waals surface area contributed by atoms with Gasteiger partial charge < -0.3 is 10.6 Å². The van der Waals surface area contributed by atoms with Gasteiger partial charge in [-0.05, 0) is 50.9 Å². The normalized spacial score (nSPS) is 29.5. The van der Waals surface area contributed by atoms with Gasteiger partial charge in [0.2, 0.25) is 0 Å². The van der Waals surface area contributed by atoms with Gasteiger partial charge in [-0.3, -0.25) is 0 Å². The summed E-state index contributed by atoms with van der Waals surface area (Å²) < 4.78 is 0. The molecular formula is C10H20N2. The number of rotatable bonds is 5. The minimum Gasteiger partial charge on any atom is -0.316 e. The predicted molar refractivity (Wildman–Crippen MR) is 51.2 cm³/mol.